The van der Waals surface area contributed by atoms with Crippen LogP contribution in [0.4, 0.5) is 5.69 Å². The fraction of sp³-hybridized carbons (Fsp3) is 0.364. The zero-order valence-electron chi connectivity index (χ0n) is 9.53. The van der Waals surface area contributed by atoms with Crippen LogP contribution < -0.4 is 0 Å². The van der Waals surface area contributed by atoms with Crippen LogP contribution in [0.3, 0.4) is 0 Å². The van der Waals surface area contributed by atoms with Gasteiger partial charge in [0, 0.05) is 5.56 Å². The third-order valence-corrected chi connectivity index (χ3v) is 2.64. The van der Waals surface area contributed by atoms with E-state index in [1.54, 1.807) is 26.0 Å². The summed E-state index contributed by atoms with van der Waals surface area (Å²) < 4.78 is 4.76. The number of rotatable bonds is 4. The fourth-order valence-corrected chi connectivity index (χ4v) is 1.78. The average molecular weight is 258 g/mol. The maximum absolute atomic E-state index is 11.3. The van der Waals surface area contributed by atoms with Crippen LogP contribution in [0.5, 0.6) is 0 Å². The smallest absolute Gasteiger partial charge is 0.310 e. The Morgan fingerprint density at radius 1 is 1.53 bits per heavy atom. The zero-order valence-corrected chi connectivity index (χ0v) is 10.3. The quantitative estimate of drug-likeness (QED) is 0.472. The van der Waals surface area contributed by atoms with Crippen LogP contribution in [-0.4, -0.2) is 17.5 Å². The summed E-state index contributed by atoms with van der Waals surface area (Å²) in [5, 5.41) is 10.8. The molecule has 0 aromatic heterocycles. The molecule has 0 heterocycles. The van der Waals surface area contributed by atoms with Crippen molar-refractivity contribution in [1.29, 1.82) is 0 Å². The summed E-state index contributed by atoms with van der Waals surface area (Å²) in [6, 6.07) is 3.17. The van der Waals surface area contributed by atoms with Crippen molar-refractivity contribution < 1.29 is 14.5 Å². The third kappa shape index (κ3) is 3.17. The fourth-order valence-electron chi connectivity index (χ4n) is 1.43. The number of hydrogen-bond acceptors (Lipinski definition) is 4. The van der Waals surface area contributed by atoms with Crippen LogP contribution in [0.15, 0.2) is 12.1 Å². The minimum atomic E-state index is -0.549. The third-order valence-electron chi connectivity index (χ3n) is 2.22. The van der Waals surface area contributed by atoms with Gasteiger partial charge < -0.3 is 4.74 Å². The number of nitro benzene ring substituents is 1. The van der Waals surface area contributed by atoms with Crippen molar-refractivity contribution in [1.82, 2.24) is 0 Å². The number of carbonyl (C=O) groups is 1. The molecule has 0 bridgehead atoms. The van der Waals surface area contributed by atoms with Gasteiger partial charge in [-0.2, -0.15) is 0 Å². The summed E-state index contributed by atoms with van der Waals surface area (Å²) in [4.78, 5) is 21.5. The topological polar surface area (TPSA) is 69.4 Å². The molecule has 0 atom stereocenters. The highest BCUT2D eigenvalue weighted by molar-refractivity contribution is 6.33. The lowest BCUT2D eigenvalue weighted by molar-refractivity contribution is -0.385. The Morgan fingerprint density at radius 2 is 2.18 bits per heavy atom. The van der Waals surface area contributed by atoms with Gasteiger partial charge in [0.15, 0.2) is 0 Å². The first kappa shape index (κ1) is 13.4. The molecule has 0 aliphatic heterocycles. The van der Waals surface area contributed by atoms with Gasteiger partial charge in [0.1, 0.15) is 5.02 Å². The summed E-state index contributed by atoms with van der Waals surface area (Å²) in [5.41, 5.74) is 0.712. The highest BCUT2D eigenvalue weighted by Gasteiger charge is 2.20. The molecule has 0 N–H and O–H groups in total. The Kier molecular flexibility index (Phi) is 4.45. The van der Waals surface area contributed by atoms with Gasteiger partial charge in [-0.25, -0.2) is 0 Å². The van der Waals surface area contributed by atoms with E-state index in [2.05, 4.69) is 0 Å². The number of carbonyl (C=O) groups excluding carboxylic acids is 1. The summed E-state index contributed by atoms with van der Waals surface area (Å²) in [6.07, 6.45) is -0.0617. The van der Waals surface area contributed by atoms with Gasteiger partial charge in [0.05, 0.1) is 18.0 Å². The largest absolute Gasteiger partial charge is 0.466 e. The molecule has 0 saturated carbocycles. The Labute approximate surface area is 103 Å². The Morgan fingerprint density at radius 3 is 2.71 bits per heavy atom. The van der Waals surface area contributed by atoms with Gasteiger partial charge in [-0.3, -0.25) is 14.9 Å². The molecular weight excluding hydrogens is 246 g/mol. The molecule has 92 valence electrons. The standard InChI is InChI=1S/C11H12ClNO4/c1-3-17-9(14)6-8-5-4-7(2)11(10(8)12)13(15)16/h4-5H,3,6H2,1-2H3. The number of benzene rings is 1. The van der Waals surface area contributed by atoms with Gasteiger partial charge in [-0.05, 0) is 19.4 Å². The van der Waals surface area contributed by atoms with Crippen molar-refractivity contribution in [2.24, 2.45) is 0 Å². The van der Waals surface area contributed by atoms with Crippen molar-refractivity contribution in [3.8, 4) is 0 Å². The van der Waals surface area contributed by atoms with Crippen LogP contribution >= 0.6 is 11.6 Å². The second kappa shape index (κ2) is 5.63. The maximum Gasteiger partial charge on any atom is 0.310 e. The minimum absolute atomic E-state index is 0.00283. The molecule has 0 amide bonds. The number of nitro groups is 1. The molecule has 17 heavy (non-hydrogen) atoms. The van der Waals surface area contributed by atoms with Crippen molar-refractivity contribution in [3.05, 3.63) is 38.4 Å². The first-order valence-corrected chi connectivity index (χ1v) is 5.43. The van der Waals surface area contributed by atoms with E-state index < -0.39 is 10.9 Å². The van der Waals surface area contributed by atoms with E-state index in [-0.39, 0.29) is 23.7 Å². The molecule has 0 spiro atoms. The van der Waals surface area contributed by atoms with E-state index in [0.29, 0.717) is 11.1 Å². The Hall–Kier alpha value is -1.62. The van der Waals surface area contributed by atoms with Crippen LogP contribution in [0.1, 0.15) is 18.1 Å². The zero-order chi connectivity index (χ0) is 13.0. The van der Waals surface area contributed by atoms with Gasteiger partial charge in [-0.1, -0.05) is 23.7 Å². The molecule has 1 aromatic rings. The van der Waals surface area contributed by atoms with Gasteiger partial charge in [0.2, 0.25) is 0 Å². The van der Waals surface area contributed by atoms with Crippen LogP contribution in [0.25, 0.3) is 0 Å². The lowest BCUT2D eigenvalue weighted by Crippen LogP contribution is -2.08. The lowest BCUT2D eigenvalue weighted by Gasteiger charge is -2.06. The van der Waals surface area contributed by atoms with Crippen LogP contribution in [0, 0.1) is 17.0 Å². The predicted octanol–water partition coefficient (Wildman–Crippen LogP) is 2.66. The first-order chi connectivity index (χ1) is 7.97. The molecule has 0 fully saturated rings. The minimum Gasteiger partial charge on any atom is -0.466 e. The van der Waals surface area contributed by atoms with E-state index >= 15 is 0 Å². The highest BCUT2D eigenvalue weighted by Crippen LogP contribution is 2.31. The number of ether oxygens (including phenoxy) is 1. The SMILES string of the molecule is CCOC(=O)Cc1ccc(C)c([N+](=O)[O-])c1Cl. The van der Waals surface area contributed by atoms with E-state index in [0.717, 1.165) is 0 Å². The molecule has 6 heteroatoms. The van der Waals surface area contributed by atoms with Gasteiger partial charge >= 0.3 is 5.97 Å². The van der Waals surface area contributed by atoms with Crippen LogP contribution in [-0.2, 0) is 16.0 Å². The molecule has 0 aliphatic rings. The Bertz CT molecular complexity index is 459. The second-order valence-corrected chi connectivity index (χ2v) is 3.82. The van der Waals surface area contributed by atoms with E-state index in [9.17, 15) is 14.9 Å². The van der Waals surface area contributed by atoms with Crippen LogP contribution in [0.2, 0.25) is 5.02 Å². The predicted molar refractivity (Wildman–Crippen MR) is 63.2 cm³/mol. The molecule has 1 aromatic carbocycles. The number of halogens is 1. The van der Waals surface area contributed by atoms with E-state index in [4.69, 9.17) is 16.3 Å². The molecule has 0 aliphatic carbocycles. The summed E-state index contributed by atoms with van der Waals surface area (Å²) in [6.45, 7) is 3.56. The highest BCUT2D eigenvalue weighted by atomic mass is 35.5. The van der Waals surface area contributed by atoms with Gasteiger partial charge in [0.25, 0.3) is 5.69 Å². The maximum atomic E-state index is 11.3. The molecule has 1 rings (SSSR count). The summed E-state index contributed by atoms with van der Waals surface area (Å²) >= 11 is 5.90. The first-order valence-electron chi connectivity index (χ1n) is 5.05. The normalized spacial score (nSPS) is 10.1. The molecule has 0 radical (unpaired) electrons. The molecular formula is C11H12ClNO4. The van der Waals surface area contributed by atoms with E-state index in [1.165, 1.54) is 0 Å². The van der Waals surface area contributed by atoms with Crippen molar-refractivity contribution in [3.63, 3.8) is 0 Å². The van der Waals surface area contributed by atoms with E-state index in [1.807, 2.05) is 0 Å². The average Bonchev–Trinajstić information content (AvgIpc) is 2.22. The lowest BCUT2D eigenvalue weighted by atomic mass is 10.1. The molecule has 0 unspecified atom stereocenters. The van der Waals surface area contributed by atoms with Crippen molar-refractivity contribution in [2.75, 3.05) is 6.61 Å². The molecule has 5 nitrogen and oxygen atoms in total. The summed E-state index contributed by atoms with van der Waals surface area (Å²) in [5.74, 6) is -0.451. The molecule has 0 saturated heterocycles. The summed E-state index contributed by atoms with van der Waals surface area (Å²) in [7, 11) is 0. The second-order valence-electron chi connectivity index (χ2n) is 3.44. The number of hydrogen-bond donors (Lipinski definition) is 0. The Balaban J connectivity index is 3.07. The monoisotopic (exact) mass is 257 g/mol. The van der Waals surface area contributed by atoms with Crippen molar-refractivity contribution in [2.45, 2.75) is 20.3 Å². The number of nitrogens with zero attached hydrogens (tertiary/aromatic N) is 1. The van der Waals surface area contributed by atoms with Crippen molar-refractivity contribution >= 4 is 23.3 Å². The number of aryl methyl sites for hydroxylation is 1. The van der Waals surface area contributed by atoms with Gasteiger partial charge in [-0.15, -0.1) is 0 Å². The number of esters is 1.